The van der Waals surface area contributed by atoms with Crippen LogP contribution in [0.25, 0.3) is 0 Å². The second-order valence-electron chi connectivity index (χ2n) is 6.93. The molecule has 1 unspecified atom stereocenters. The third-order valence-electron chi connectivity index (χ3n) is 4.98. The normalized spacial score (nSPS) is 15.5. The van der Waals surface area contributed by atoms with Gasteiger partial charge in [-0.25, -0.2) is 0 Å². The summed E-state index contributed by atoms with van der Waals surface area (Å²) in [5.41, 5.74) is 8.67. The maximum absolute atomic E-state index is 12.9. The second kappa shape index (κ2) is 7.63. The first-order valence-corrected chi connectivity index (χ1v) is 9.20. The molecule has 7 heteroatoms. The van der Waals surface area contributed by atoms with E-state index < -0.39 is 11.9 Å². The van der Waals surface area contributed by atoms with Crippen LogP contribution >= 0.6 is 0 Å². The Morgan fingerprint density at radius 1 is 1.14 bits per heavy atom. The molecule has 1 aliphatic rings. The number of carbonyl (C=O) groups excluding carboxylic acids is 2. The van der Waals surface area contributed by atoms with Crippen molar-refractivity contribution >= 4 is 23.2 Å². The fourth-order valence-corrected chi connectivity index (χ4v) is 3.58. The summed E-state index contributed by atoms with van der Waals surface area (Å²) in [6, 6.07) is 15.7. The number of amides is 2. The Bertz CT molecular complexity index is 1070. The van der Waals surface area contributed by atoms with Crippen molar-refractivity contribution in [2.75, 3.05) is 10.2 Å². The van der Waals surface area contributed by atoms with Crippen LogP contribution in [0.3, 0.4) is 0 Å². The first-order chi connectivity index (χ1) is 14.0. The van der Waals surface area contributed by atoms with E-state index in [9.17, 15) is 14.7 Å². The van der Waals surface area contributed by atoms with Crippen LogP contribution in [-0.2, 0) is 17.8 Å². The van der Waals surface area contributed by atoms with Crippen molar-refractivity contribution in [1.29, 1.82) is 0 Å². The molecule has 1 aliphatic heterocycles. The lowest BCUT2D eigenvalue weighted by Crippen LogP contribution is -2.49. The van der Waals surface area contributed by atoms with Crippen molar-refractivity contribution in [2.24, 2.45) is 5.73 Å². The number of hydrogen-bond donors (Lipinski definition) is 3. The number of pyridine rings is 1. The van der Waals surface area contributed by atoms with Crippen molar-refractivity contribution in [3.05, 3.63) is 83.7 Å². The molecule has 7 nitrogen and oxygen atoms in total. The number of aromatic nitrogens is 1. The quantitative estimate of drug-likeness (QED) is 0.622. The molecule has 0 saturated heterocycles. The summed E-state index contributed by atoms with van der Waals surface area (Å²) in [6.45, 7) is 0.377. The van der Waals surface area contributed by atoms with E-state index in [2.05, 4.69) is 10.3 Å². The summed E-state index contributed by atoms with van der Waals surface area (Å²) in [6.07, 6.45) is 3.93. The fraction of sp³-hybridized carbons (Fsp3) is 0.136. The van der Waals surface area contributed by atoms with Crippen LogP contribution in [0.1, 0.15) is 21.5 Å². The number of nitrogens with zero attached hydrogens (tertiary/aromatic N) is 2. The molecular formula is C22H20N4O3. The molecule has 146 valence electrons. The van der Waals surface area contributed by atoms with E-state index in [0.717, 1.165) is 22.5 Å². The zero-order valence-corrected chi connectivity index (χ0v) is 15.6. The van der Waals surface area contributed by atoms with Gasteiger partial charge >= 0.3 is 0 Å². The Balaban J connectivity index is 1.70. The number of carbonyl (C=O) groups is 2. The summed E-state index contributed by atoms with van der Waals surface area (Å²) in [7, 11) is 0. The highest BCUT2D eigenvalue weighted by molar-refractivity contribution is 6.03. The molecule has 2 heterocycles. The van der Waals surface area contributed by atoms with E-state index in [4.69, 9.17) is 5.73 Å². The minimum Gasteiger partial charge on any atom is -0.507 e. The van der Waals surface area contributed by atoms with Gasteiger partial charge in [-0.3, -0.25) is 14.6 Å². The molecule has 0 fully saturated rings. The Morgan fingerprint density at radius 2 is 1.97 bits per heavy atom. The monoisotopic (exact) mass is 388 g/mol. The molecular weight excluding hydrogens is 368 g/mol. The molecule has 3 aromatic rings. The van der Waals surface area contributed by atoms with Crippen molar-refractivity contribution < 1.29 is 14.7 Å². The number of rotatable bonds is 5. The van der Waals surface area contributed by atoms with E-state index >= 15 is 0 Å². The number of benzene rings is 2. The van der Waals surface area contributed by atoms with Gasteiger partial charge in [-0.15, -0.1) is 0 Å². The molecule has 0 aliphatic carbocycles. The number of nitrogens with two attached hydrogens (primary N) is 1. The highest BCUT2D eigenvalue weighted by atomic mass is 16.3. The van der Waals surface area contributed by atoms with Crippen molar-refractivity contribution in [3.8, 4) is 5.75 Å². The largest absolute Gasteiger partial charge is 0.507 e. The lowest BCUT2D eigenvalue weighted by atomic mass is 9.99. The first-order valence-electron chi connectivity index (χ1n) is 9.20. The van der Waals surface area contributed by atoms with Crippen molar-refractivity contribution in [1.82, 2.24) is 4.98 Å². The summed E-state index contributed by atoms with van der Waals surface area (Å²) < 4.78 is 0. The third-order valence-corrected chi connectivity index (χ3v) is 4.98. The molecule has 2 amide bonds. The van der Waals surface area contributed by atoms with Gasteiger partial charge in [0.05, 0.1) is 16.9 Å². The molecule has 4 N–H and O–H groups in total. The van der Waals surface area contributed by atoms with Gasteiger partial charge in [-0.2, -0.15) is 0 Å². The van der Waals surface area contributed by atoms with E-state index in [1.54, 1.807) is 18.5 Å². The molecule has 0 saturated carbocycles. The van der Waals surface area contributed by atoms with Crippen LogP contribution in [-0.4, -0.2) is 27.9 Å². The SMILES string of the molecule is NC(=O)c1ccc(CN2c3ccccc3NC(=O)C2Cc2cccnc2)cc1O. The highest BCUT2D eigenvalue weighted by Crippen LogP contribution is 2.34. The van der Waals surface area contributed by atoms with Crippen LogP contribution < -0.4 is 16.0 Å². The lowest BCUT2D eigenvalue weighted by Gasteiger charge is -2.38. The standard InChI is InChI=1S/C22H20N4O3/c23-21(28)16-8-7-15(11-20(16)27)13-26-18-6-2-1-5-17(18)25-22(29)19(26)10-14-4-3-9-24-12-14/h1-9,11-12,19,27H,10,13H2,(H2,23,28)(H,25,29). The predicted molar refractivity (Wildman–Crippen MR) is 110 cm³/mol. The van der Waals surface area contributed by atoms with Gasteiger partial charge in [-0.05, 0) is 41.5 Å². The summed E-state index contributed by atoms with van der Waals surface area (Å²) >= 11 is 0. The van der Waals surface area contributed by atoms with Gasteiger partial charge in [0.15, 0.2) is 0 Å². The molecule has 4 rings (SSSR count). The molecule has 0 radical (unpaired) electrons. The van der Waals surface area contributed by atoms with Gasteiger partial charge in [0.25, 0.3) is 5.91 Å². The molecule has 1 aromatic heterocycles. The first kappa shape index (κ1) is 18.5. The van der Waals surface area contributed by atoms with Gasteiger partial charge < -0.3 is 21.1 Å². The van der Waals surface area contributed by atoms with Crippen LogP contribution in [0.2, 0.25) is 0 Å². The zero-order chi connectivity index (χ0) is 20.4. The number of hydrogen-bond acceptors (Lipinski definition) is 5. The number of para-hydroxylation sites is 2. The molecule has 1 atom stereocenters. The molecule has 29 heavy (non-hydrogen) atoms. The Labute approximate surface area is 167 Å². The molecule has 0 spiro atoms. The Kier molecular flexibility index (Phi) is 4.87. The van der Waals surface area contributed by atoms with Gasteiger partial charge in [-0.1, -0.05) is 24.3 Å². The topological polar surface area (TPSA) is 109 Å². The van der Waals surface area contributed by atoms with Gasteiger partial charge in [0.1, 0.15) is 11.8 Å². The van der Waals surface area contributed by atoms with Crippen molar-refractivity contribution in [2.45, 2.75) is 19.0 Å². The Hall–Kier alpha value is -3.87. The Morgan fingerprint density at radius 3 is 2.69 bits per heavy atom. The van der Waals surface area contributed by atoms with Gasteiger partial charge in [0, 0.05) is 25.4 Å². The average Bonchev–Trinajstić information content (AvgIpc) is 2.71. The number of aromatic hydroxyl groups is 1. The van der Waals surface area contributed by atoms with Crippen LogP contribution in [0.4, 0.5) is 11.4 Å². The number of nitrogens with one attached hydrogen (secondary N) is 1. The van der Waals surface area contributed by atoms with Crippen LogP contribution in [0, 0.1) is 0 Å². The van der Waals surface area contributed by atoms with E-state index in [0.29, 0.717) is 13.0 Å². The third kappa shape index (κ3) is 3.75. The number of phenols is 1. The number of primary amides is 1. The zero-order valence-electron chi connectivity index (χ0n) is 15.6. The predicted octanol–water partition coefficient (Wildman–Crippen LogP) is 2.46. The minimum atomic E-state index is -0.689. The number of fused-ring (bicyclic) bond motifs is 1. The van der Waals surface area contributed by atoms with Gasteiger partial charge in [0.2, 0.25) is 5.91 Å². The average molecular weight is 388 g/mol. The minimum absolute atomic E-state index is 0.0671. The van der Waals surface area contributed by atoms with Crippen molar-refractivity contribution in [3.63, 3.8) is 0 Å². The maximum Gasteiger partial charge on any atom is 0.252 e. The number of anilines is 2. The summed E-state index contributed by atoms with van der Waals surface area (Å²) in [4.78, 5) is 30.4. The molecule has 2 aromatic carbocycles. The highest BCUT2D eigenvalue weighted by Gasteiger charge is 2.33. The summed E-state index contributed by atoms with van der Waals surface area (Å²) in [5, 5.41) is 13.1. The summed E-state index contributed by atoms with van der Waals surface area (Å²) in [5.74, 6) is -0.967. The van der Waals surface area contributed by atoms with E-state index in [1.165, 1.54) is 12.1 Å². The molecule has 0 bridgehead atoms. The maximum atomic E-state index is 12.9. The van der Waals surface area contributed by atoms with Crippen LogP contribution in [0.15, 0.2) is 67.0 Å². The fourth-order valence-electron chi connectivity index (χ4n) is 3.58. The van der Waals surface area contributed by atoms with Crippen LogP contribution in [0.5, 0.6) is 5.75 Å². The van der Waals surface area contributed by atoms with E-state index in [-0.39, 0.29) is 17.2 Å². The lowest BCUT2D eigenvalue weighted by molar-refractivity contribution is -0.117. The van der Waals surface area contributed by atoms with E-state index in [1.807, 2.05) is 41.3 Å². The second-order valence-corrected chi connectivity index (χ2v) is 6.93. The smallest absolute Gasteiger partial charge is 0.252 e.